The van der Waals surface area contributed by atoms with Gasteiger partial charge in [-0.15, -0.1) is 0 Å². The van der Waals surface area contributed by atoms with E-state index in [4.69, 9.17) is 22.1 Å². The first-order valence-electron chi connectivity index (χ1n) is 5.05. The molecule has 0 atom stereocenters. The van der Waals surface area contributed by atoms with Crippen molar-refractivity contribution >= 4 is 17.4 Å². The molecule has 2 aromatic rings. The van der Waals surface area contributed by atoms with E-state index in [2.05, 4.69) is 4.98 Å². The Morgan fingerprint density at radius 3 is 2.50 bits per heavy atom. The van der Waals surface area contributed by atoms with Crippen LogP contribution in [0.2, 0.25) is 5.02 Å². The number of halogens is 3. The number of hydrogen-bond acceptors (Lipinski definition) is 3. The van der Waals surface area contributed by atoms with E-state index in [1.807, 2.05) is 0 Å². The highest BCUT2D eigenvalue weighted by Gasteiger charge is 2.10. The normalized spacial score (nSPS) is 10.4. The number of ether oxygens (including phenoxy) is 1. The summed E-state index contributed by atoms with van der Waals surface area (Å²) >= 11 is 5.72. The molecular weight excluding hydrogens is 262 g/mol. The van der Waals surface area contributed by atoms with Crippen LogP contribution in [0.4, 0.5) is 14.6 Å². The summed E-state index contributed by atoms with van der Waals surface area (Å²) in [7, 11) is 0. The summed E-state index contributed by atoms with van der Waals surface area (Å²) in [5.74, 6) is -2.53. The number of aromatic nitrogens is 1. The molecule has 0 bridgehead atoms. The van der Waals surface area contributed by atoms with Gasteiger partial charge in [-0.05, 0) is 17.7 Å². The van der Waals surface area contributed by atoms with Crippen molar-refractivity contribution in [2.45, 2.75) is 6.61 Å². The lowest BCUT2D eigenvalue weighted by Crippen LogP contribution is -2.03. The van der Waals surface area contributed by atoms with Gasteiger partial charge < -0.3 is 10.5 Å². The second-order valence-electron chi connectivity index (χ2n) is 3.56. The SMILES string of the molecule is Nc1nc(OCc2ccc(Cl)cc2)c(F)cc1F. The predicted octanol–water partition coefficient (Wildman–Crippen LogP) is 3.17. The van der Waals surface area contributed by atoms with Crippen LogP contribution >= 0.6 is 11.6 Å². The van der Waals surface area contributed by atoms with E-state index in [1.54, 1.807) is 24.3 Å². The van der Waals surface area contributed by atoms with Gasteiger partial charge in [0, 0.05) is 11.1 Å². The summed E-state index contributed by atoms with van der Waals surface area (Å²) in [6, 6.07) is 7.46. The molecular formula is C12H9ClF2N2O. The molecule has 0 unspecified atom stereocenters. The Labute approximate surface area is 107 Å². The second-order valence-corrected chi connectivity index (χ2v) is 3.99. The van der Waals surface area contributed by atoms with Gasteiger partial charge in [-0.3, -0.25) is 0 Å². The smallest absolute Gasteiger partial charge is 0.252 e. The maximum absolute atomic E-state index is 13.3. The molecule has 1 aromatic heterocycles. The molecule has 1 heterocycles. The average molecular weight is 271 g/mol. The van der Waals surface area contributed by atoms with Crippen LogP contribution in [0.25, 0.3) is 0 Å². The number of benzene rings is 1. The van der Waals surface area contributed by atoms with Crippen molar-refractivity contribution in [2.75, 3.05) is 5.73 Å². The largest absolute Gasteiger partial charge is 0.471 e. The molecule has 6 heteroatoms. The molecule has 0 radical (unpaired) electrons. The lowest BCUT2D eigenvalue weighted by molar-refractivity contribution is 0.276. The van der Waals surface area contributed by atoms with Crippen molar-refractivity contribution in [2.24, 2.45) is 0 Å². The minimum absolute atomic E-state index is 0.0894. The zero-order chi connectivity index (χ0) is 13.1. The summed E-state index contributed by atoms with van der Waals surface area (Å²) in [5, 5.41) is 0.592. The highest BCUT2D eigenvalue weighted by Crippen LogP contribution is 2.20. The Morgan fingerprint density at radius 1 is 1.17 bits per heavy atom. The Hall–Kier alpha value is -1.88. The van der Waals surface area contributed by atoms with E-state index in [-0.39, 0.29) is 12.5 Å². The third-order valence-electron chi connectivity index (χ3n) is 2.21. The standard InChI is InChI=1S/C12H9ClF2N2O/c13-8-3-1-7(2-4-8)6-18-12-10(15)5-9(14)11(16)17-12/h1-5H,6H2,(H2,16,17). The summed E-state index contributed by atoms with van der Waals surface area (Å²) in [5.41, 5.74) is 6.01. The molecule has 3 nitrogen and oxygen atoms in total. The number of nitrogens with two attached hydrogens (primary N) is 1. The van der Waals surface area contributed by atoms with Gasteiger partial charge in [0.15, 0.2) is 17.5 Å². The highest BCUT2D eigenvalue weighted by atomic mass is 35.5. The van der Waals surface area contributed by atoms with Crippen molar-refractivity contribution in [3.63, 3.8) is 0 Å². The van der Waals surface area contributed by atoms with E-state index in [9.17, 15) is 8.78 Å². The lowest BCUT2D eigenvalue weighted by Gasteiger charge is -2.07. The third-order valence-corrected chi connectivity index (χ3v) is 2.47. The van der Waals surface area contributed by atoms with E-state index >= 15 is 0 Å². The maximum atomic E-state index is 13.3. The van der Waals surface area contributed by atoms with Crippen molar-refractivity contribution in [3.05, 3.63) is 52.6 Å². The number of rotatable bonds is 3. The molecule has 0 aliphatic carbocycles. The second kappa shape index (κ2) is 5.18. The fourth-order valence-corrected chi connectivity index (χ4v) is 1.42. The Bertz CT molecular complexity index is 561. The average Bonchev–Trinajstić information content (AvgIpc) is 2.34. The molecule has 2 rings (SSSR count). The molecule has 0 aliphatic rings. The van der Waals surface area contributed by atoms with E-state index in [0.717, 1.165) is 5.56 Å². The van der Waals surface area contributed by atoms with Crippen LogP contribution in [0.1, 0.15) is 5.56 Å². The number of nitrogen functional groups attached to an aromatic ring is 1. The zero-order valence-electron chi connectivity index (χ0n) is 9.16. The highest BCUT2D eigenvalue weighted by molar-refractivity contribution is 6.30. The number of pyridine rings is 1. The van der Waals surface area contributed by atoms with Crippen LogP contribution in [-0.2, 0) is 6.61 Å². The first-order valence-corrected chi connectivity index (χ1v) is 5.43. The monoisotopic (exact) mass is 270 g/mol. The van der Waals surface area contributed by atoms with Gasteiger partial charge in [0.05, 0.1) is 0 Å². The van der Waals surface area contributed by atoms with Crippen LogP contribution in [0.5, 0.6) is 5.88 Å². The lowest BCUT2D eigenvalue weighted by atomic mass is 10.2. The molecule has 0 amide bonds. The maximum Gasteiger partial charge on any atom is 0.252 e. The zero-order valence-corrected chi connectivity index (χ0v) is 9.92. The van der Waals surface area contributed by atoms with Gasteiger partial charge in [-0.1, -0.05) is 23.7 Å². The summed E-state index contributed by atoms with van der Waals surface area (Å²) < 4.78 is 31.3. The number of nitrogens with zero attached hydrogens (tertiary/aromatic N) is 1. The van der Waals surface area contributed by atoms with Crippen LogP contribution in [0.3, 0.4) is 0 Å². The summed E-state index contributed by atoms with van der Waals surface area (Å²) in [6.45, 7) is 0.0894. The molecule has 0 fully saturated rings. The van der Waals surface area contributed by atoms with E-state index in [0.29, 0.717) is 11.1 Å². The van der Waals surface area contributed by atoms with Gasteiger partial charge in [-0.25, -0.2) is 8.78 Å². The number of hydrogen-bond donors (Lipinski definition) is 1. The molecule has 18 heavy (non-hydrogen) atoms. The summed E-state index contributed by atoms with van der Waals surface area (Å²) in [4.78, 5) is 3.48. The Morgan fingerprint density at radius 2 is 1.83 bits per heavy atom. The van der Waals surface area contributed by atoms with Gasteiger partial charge in [0.1, 0.15) is 6.61 Å². The molecule has 1 aromatic carbocycles. The Kier molecular flexibility index (Phi) is 3.62. The minimum atomic E-state index is -0.911. The minimum Gasteiger partial charge on any atom is -0.471 e. The molecule has 0 aliphatic heterocycles. The molecule has 94 valence electrons. The van der Waals surface area contributed by atoms with Crippen LogP contribution in [0.15, 0.2) is 30.3 Å². The molecule has 0 spiro atoms. The Balaban J connectivity index is 2.10. The quantitative estimate of drug-likeness (QED) is 0.932. The van der Waals surface area contributed by atoms with E-state index in [1.165, 1.54) is 0 Å². The fourth-order valence-electron chi connectivity index (χ4n) is 1.30. The van der Waals surface area contributed by atoms with Gasteiger partial charge in [0.2, 0.25) is 0 Å². The topological polar surface area (TPSA) is 48.1 Å². The van der Waals surface area contributed by atoms with Gasteiger partial charge in [0.25, 0.3) is 5.88 Å². The van der Waals surface area contributed by atoms with Crippen molar-refractivity contribution in [3.8, 4) is 5.88 Å². The van der Waals surface area contributed by atoms with Crippen LogP contribution < -0.4 is 10.5 Å². The van der Waals surface area contributed by atoms with Crippen molar-refractivity contribution < 1.29 is 13.5 Å². The number of anilines is 1. The van der Waals surface area contributed by atoms with Gasteiger partial charge in [-0.2, -0.15) is 4.98 Å². The van der Waals surface area contributed by atoms with Crippen molar-refractivity contribution in [1.82, 2.24) is 4.98 Å². The van der Waals surface area contributed by atoms with Crippen molar-refractivity contribution in [1.29, 1.82) is 0 Å². The third kappa shape index (κ3) is 2.87. The van der Waals surface area contributed by atoms with Crippen LogP contribution in [0, 0.1) is 11.6 Å². The van der Waals surface area contributed by atoms with E-state index < -0.39 is 17.5 Å². The molecule has 0 saturated carbocycles. The first kappa shape index (κ1) is 12.6. The molecule has 2 N–H and O–H groups in total. The van der Waals surface area contributed by atoms with Crippen LogP contribution in [-0.4, -0.2) is 4.98 Å². The summed E-state index contributed by atoms with van der Waals surface area (Å²) in [6.07, 6.45) is 0. The van der Waals surface area contributed by atoms with Gasteiger partial charge >= 0.3 is 0 Å². The predicted molar refractivity (Wildman–Crippen MR) is 64.3 cm³/mol. The molecule has 0 saturated heterocycles. The fraction of sp³-hybridized carbons (Fsp3) is 0.0833. The first-order chi connectivity index (χ1) is 8.56.